The Balaban J connectivity index is 1.57. The van der Waals surface area contributed by atoms with Crippen LogP contribution in [-0.2, 0) is 6.42 Å². The first kappa shape index (κ1) is 17.0. The van der Waals surface area contributed by atoms with Crippen molar-refractivity contribution in [3.05, 3.63) is 71.4 Å². The third-order valence-corrected chi connectivity index (χ3v) is 3.86. The smallest absolute Gasteiger partial charge is 0.224 e. The van der Waals surface area contributed by atoms with E-state index in [0.29, 0.717) is 11.0 Å². The van der Waals surface area contributed by atoms with Gasteiger partial charge in [-0.3, -0.25) is 0 Å². The molecule has 1 heterocycles. The highest BCUT2D eigenvalue weighted by atomic mass is 35.5. The lowest BCUT2D eigenvalue weighted by atomic mass is 10.1. The van der Waals surface area contributed by atoms with Crippen molar-refractivity contribution in [1.82, 2.24) is 9.97 Å². The minimum Gasteiger partial charge on any atom is -0.497 e. The molecule has 0 aliphatic rings. The van der Waals surface area contributed by atoms with Crippen LogP contribution >= 0.6 is 11.6 Å². The van der Waals surface area contributed by atoms with E-state index in [1.54, 1.807) is 13.3 Å². The zero-order valence-electron chi connectivity index (χ0n) is 13.9. The molecule has 3 aromatic rings. The topological polar surface area (TPSA) is 59.1 Å². The Labute approximate surface area is 152 Å². The predicted octanol–water partition coefficient (Wildman–Crippen LogP) is 4.54. The molecule has 25 heavy (non-hydrogen) atoms. The lowest BCUT2D eigenvalue weighted by molar-refractivity contribution is 0.414. The van der Waals surface area contributed by atoms with Crippen molar-refractivity contribution in [2.75, 3.05) is 24.3 Å². The lowest BCUT2D eigenvalue weighted by Gasteiger charge is -2.09. The number of hydrogen-bond donors (Lipinski definition) is 2. The van der Waals surface area contributed by atoms with E-state index in [1.807, 2.05) is 48.5 Å². The monoisotopic (exact) mass is 354 g/mol. The summed E-state index contributed by atoms with van der Waals surface area (Å²) in [6, 6.07) is 17.3. The molecule has 0 saturated carbocycles. The van der Waals surface area contributed by atoms with Crippen LogP contribution in [0.15, 0.2) is 60.8 Å². The molecular weight excluding hydrogens is 336 g/mol. The van der Waals surface area contributed by atoms with Crippen molar-refractivity contribution in [2.45, 2.75) is 6.42 Å². The molecule has 0 bridgehead atoms. The molecule has 0 aliphatic heterocycles. The second kappa shape index (κ2) is 8.35. The SMILES string of the molecule is COc1cccc(CCNc2nccc(Nc3ccc(Cl)cc3)n2)c1. The number of aromatic nitrogens is 2. The fourth-order valence-electron chi connectivity index (χ4n) is 2.34. The average molecular weight is 355 g/mol. The van der Waals surface area contributed by atoms with E-state index >= 15 is 0 Å². The Hall–Kier alpha value is -2.79. The van der Waals surface area contributed by atoms with Crippen molar-refractivity contribution >= 4 is 29.1 Å². The highest BCUT2D eigenvalue weighted by Gasteiger charge is 2.01. The van der Waals surface area contributed by atoms with Crippen LogP contribution in [-0.4, -0.2) is 23.6 Å². The van der Waals surface area contributed by atoms with E-state index in [4.69, 9.17) is 16.3 Å². The molecule has 0 aliphatic carbocycles. The van der Waals surface area contributed by atoms with Crippen molar-refractivity contribution in [1.29, 1.82) is 0 Å². The number of nitrogens with one attached hydrogen (secondary N) is 2. The second-order valence-electron chi connectivity index (χ2n) is 5.43. The molecule has 2 aromatic carbocycles. The normalized spacial score (nSPS) is 10.3. The van der Waals surface area contributed by atoms with E-state index in [9.17, 15) is 0 Å². The Morgan fingerprint density at radius 2 is 1.92 bits per heavy atom. The molecule has 0 saturated heterocycles. The van der Waals surface area contributed by atoms with Crippen LogP contribution in [0.4, 0.5) is 17.5 Å². The largest absolute Gasteiger partial charge is 0.497 e. The van der Waals surface area contributed by atoms with Gasteiger partial charge in [0.1, 0.15) is 11.6 Å². The zero-order valence-corrected chi connectivity index (χ0v) is 14.6. The molecule has 3 rings (SSSR count). The Morgan fingerprint density at radius 3 is 2.72 bits per heavy atom. The van der Waals surface area contributed by atoms with Crippen LogP contribution in [0.5, 0.6) is 5.75 Å². The third-order valence-electron chi connectivity index (χ3n) is 3.60. The molecule has 0 atom stereocenters. The van der Waals surface area contributed by atoms with Gasteiger partial charge < -0.3 is 15.4 Å². The number of rotatable bonds is 7. The van der Waals surface area contributed by atoms with Crippen LogP contribution in [0, 0.1) is 0 Å². The summed E-state index contributed by atoms with van der Waals surface area (Å²) in [7, 11) is 1.67. The van der Waals surface area contributed by atoms with Gasteiger partial charge in [0.15, 0.2) is 0 Å². The molecule has 0 fully saturated rings. The van der Waals surface area contributed by atoms with Gasteiger partial charge >= 0.3 is 0 Å². The number of benzene rings is 2. The van der Waals surface area contributed by atoms with Crippen molar-refractivity contribution < 1.29 is 4.74 Å². The molecule has 0 unspecified atom stereocenters. The first-order chi connectivity index (χ1) is 12.2. The van der Waals surface area contributed by atoms with Gasteiger partial charge in [-0.25, -0.2) is 4.98 Å². The van der Waals surface area contributed by atoms with E-state index in [2.05, 4.69) is 26.7 Å². The molecule has 0 spiro atoms. The highest BCUT2D eigenvalue weighted by Crippen LogP contribution is 2.18. The van der Waals surface area contributed by atoms with Gasteiger partial charge in [0.2, 0.25) is 5.95 Å². The predicted molar refractivity (Wildman–Crippen MR) is 102 cm³/mol. The number of hydrogen-bond acceptors (Lipinski definition) is 5. The minimum atomic E-state index is 0.585. The van der Waals surface area contributed by atoms with Crippen LogP contribution in [0.25, 0.3) is 0 Å². The van der Waals surface area contributed by atoms with Crippen LogP contribution in [0.3, 0.4) is 0 Å². The Kier molecular flexibility index (Phi) is 5.69. The van der Waals surface area contributed by atoms with Gasteiger partial charge in [-0.05, 0) is 54.4 Å². The van der Waals surface area contributed by atoms with E-state index in [-0.39, 0.29) is 0 Å². The average Bonchev–Trinajstić information content (AvgIpc) is 2.64. The summed E-state index contributed by atoms with van der Waals surface area (Å²) in [6.07, 6.45) is 2.58. The van der Waals surface area contributed by atoms with Crippen LogP contribution in [0.2, 0.25) is 5.02 Å². The summed E-state index contributed by atoms with van der Waals surface area (Å²) in [6.45, 7) is 0.734. The van der Waals surface area contributed by atoms with Gasteiger partial charge in [0.05, 0.1) is 7.11 Å². The van der Waals surface area contributed by atoms with Gasteiger partial charge in [-0.15, -0.1) is 0 Å². The zero-order chi connectivity index (χ0) is 17.5. The first-order valence-corrected chi connectivity index (χ1v) is 8.33. The number of ether oxygens (including phenoxy) is 1. The molecule has 2 N–H and O–H groups in total. The molecule has 5 nitrogen and oxygen atoms in total. The Morgan fingerprint density at radius 1 is 1.08 bits per heavy atom. The van der Waals surface area contributed by atoms with Crippen molar-refractivity contribution in [2.24, 2.45) is 0 Å². The maximum Gasteiger partial charge on any atom is 0.224 e. The molecule has 0 radical (unpaired) electrons. The third kappa shape index (κ3) is 5.09. The maximum absolute atomic E-state index is 5.90. The number of nitrogens with zero attached hydrogens (tertiary/aromatic N) is 2. The lowest BCUT2D eigenvalue weighted by Crippen LogP contribution is -2.08. The second-order valence-corrected chi connectivity index (χ2v) is 5.86. The number of halogens is 1. The van der Waals surface area contributed by atoms with Crippen LogP contribution in [0.1, 0.15) is 5.56 Å². The van der Waals surface area contributed by atoms with E-state index < -0.39 is 0 Å². The quantitative estimate of drug-likeness (QED) is 0.652. The molecule has 6 heteroatoms. The van der Waals surface area contributed by atoms with Gasteiger partial charge in [0.25, 0.3) is 0 Å². The van der Waals surface area contributed by atoms with Crippen molar-refractivity contribution in [3.63, 3.8) is 0 Å². The van der Waals surface area contributed by atoms with E-state index in [0.717, 1.165) is 30.2 Å². The Bertz CT molecular complexity index is 824. The standard InChI is InChI=1S/C19H19ClN4O/c1-25-17-4-2-3-14(13-17)9-11-21-19-22-12-10-18(24-19)23-16-7-5-15(20)6-8-16/h2-8,10,12-13H,9,11H2,1H3,(H2,21,22,23,24). The highest BCUT2D eigenvalue weighted by molar-refractivity contribution is 6.30. The van der Waals surface area contributed by atoms with Crippen molar-refractivity contribution in [3.8, 4) is 5.75 Å². The summed E-state index contributed by atoms with van der Waals surface area (Å²) in [5.41, 5.74) is 2.12. The summed E-state index contributed by atoms with van der Waals surface area (Å²) >= 11 is 5.90. The van der Waals surface area contributed by atoms with Crippen LogP contribution < -0.4 is 15.4 Å². The first-order valence-electron chi connectivity index (χ1n) is 7.95. The number of methoxy groups -OCH3 is 1. The fraction of sp³-hybridized carbons (Fsp3) is 0.158. The fourth-order valence-corrected chi connectivity index (χ4v) is 2.47. The molecule has 0 amide bonds. The number of anilines is 3. The molecule has 128 valence electrons. The summed E-state index contributed by atoms with van der Waals surface area (Å²) < 4.78 is 5.24. The van der Waals surface area contributed by atoms with Gasteiger partial charge in [-0.1, -0.05) is 23.7 Å². The summed E-state index contributed by atoms with van der Waals surface area (Å²) in [5, 5.41) is 7.17. The maximum atomic E-state index is 5.90. The summed E-state index contributed by atoms with van der Waals surface area (Å²) in [4.78, 5) is 8.72. The van der Waals surface area contributed by atoms with Gasteiger partial charge in [-0.2, -0.15) is 4.98 Å². The van der Waals surface area contributed by atoms with Gasteiger partial charge in [0, 0.05) is 23.5 Å². The minimum absolute atomic E-state index is 0.585. The van der Waals surface area contributed by atoms with E-state index in [1.165, 1.54) is 5.56 Å². The molecular formula is C19H19ClN4O. The molecule has 1 aromatic heterocycles. The summed E-state index contributed by atoms with van der Waals surface area (Å²) in [5.74, 6) is 2.17.